The van der Waals surface area contributed by atoms with Crippen LogP contribution in [0.2, 0.25) is 0 Å². The highest BCUT2D eigenvalue weighted by Crippen LogP contribution is 2.43. The summed E-state index contributed by atoms with van der Waals surface area (Å²) in [6.07, 6.45) is 0.789. The van der Waals surface area contributed by atoms with Gasteiger partial charge >= 0.3 is 5.97 Å². The molecule has 0 saturated carbocycles. The standard InChI is InChI=1S/C22H22BrNO4/c1-5-12(2)19-18(26)11-10-17-20(19)21(28-14(4)25)13(3)24(17)22(27)15-6-8-16(23)9-7-15/h6-12,26H,5H2,1-4H3/t12-/m0/s1. The lowest BCUT2D eigenvalue weighted by molar-refractivity contribution is -0.131. The van der Waals surface area contributed by atoms with Gasteiger partial charge in [0.05, 0.1) is 16.6 Å². The molecular formula is C22H22BrNO4. The number of aromatic nitrogens is 1. The molecule has 2 aromatic carbocycles. The van der Waals surface area contributed by atoms with E-state index in [2.05, 4.69) is 15.9 Å². The minimum Gasteiger partial charge on any atom is -0.508 e. The lowest BCUT2D eigenvalue weighted by Crippen LogP contribution is -2.13. The van der Waals surface area contributed by atoms with Crippen LogP contribution in [0.5, 0.6) is 11.5 Å². The van der Waals surface area contributed by atoms with Crippen molar-refractivity contribution >= 4 is 38.7 Å². The van der Waals surface area contributed by atoms with Crippen LogP contribution in [0.1, 0.15) is 54.7 Å². The van der Waals surface area contributed by atoms with Crippen molar-refractivity contribution in [3.63, 3.8) is 0 Å². The van der Waals surface area contributed by atoms with Crippen LogP contribution in [0.25, 0.3) is 10.9 Å². The fourth-order valence-electron chi connectivity index (χ4n) is 3.44. The minimum atomic E-state index is -0.475. The Morgan fingerprint density at radius 2 is 1.82 bits per heavy atom. The van der Waals surface area contributed by atoms with Crippen LogP contribution >= 0.6 is 15.9 Å². The summed E-state index contributed by atoms with van der Waals surface area (Å²) in [6.45, 7) is 7.08. The molecule has 0 amide bonds. The third-order valence-electron chi connectivity index (χ3n) is 4.98. The van der Waals surface area contributed by atoms with Crippen LogP contribution in [-0.4, -0.2) is 21.6 Å². The molecule has 146 valence electrons. The summed E-state index contributed by atoms with van der Waals surface area (Å²) in [7, 11) is 0. The van der Waals surface area contributed by atoms with Crippen molar-refractivity contribution in [2.75, 3.05) is 0 Å². The number of phenolic OH excluding ortho intramolecular Hbond substituents is 1. The highest BCUT2D eigenvalue weighted by Gasteiger charge is 2.27. The van der Waals surface area contributed by atoms with Crippen molar-refractivity contribution in [1.29, 1.82) is 0 Å². The monoisotopic (exact) mass is 443 g/mol. The Hall–Kier alpha value is -2.60. The first-order chi connectivity index (χ1) is 13.3. The van der Waals surface area contributed by atoms with Gasteiger partial charge in [0.15, 0.2) is 5.75 Å². The summed E-state index contributed by atoms with van der Waals surface area (Å²) in [5.41, 5.74) is 2.32. The molecule has 3 aromatic rings. The predicted octanol–water partition coefficient (Wildman–Crippen LogP) is 5.55. The first-order valence-corrected chi connectivity index (χ1v) is 9.91. The van der Waals surface area contributed by atoms with E-state index in [1.165, 1.54) is 6.92 Å². The lowest BCUT2D eigenvalue weighted by atomic mass is 9.94. The van der Waals surface area contributed by atoms with Gasteiger partial charge in [-0.1, -0.05) is 29.8 Å². The Balaban J connectivity index is 2.35. The predicted molar refractivity (Wildman–Crippen MR) is 112 cm³/mol. The van der Waals surface area contributed by atoms with Gasteiger partial charge in [0.25, 0.3) is 5.91 Å². The van der Waals surface area contributed by atoms with Crippen LogP contribution in [0.15, 0.2) is 40.9 Å². The molecule has 1 heterocycles. The first-order valence-electron chi connectivity index (χ1n) is 9.11. The molecule has 0 saturated heterocycles. The molecule has 1 atom stereocenters. The number of carbonyl (C=O) groups excluding carboxylic acids is 2. The molecule has 0 aliphatic heterocycles. The van der Waals surface area contributed by atoms with E-state index in [0.29, 0.717) is 33.5 Å². The number of nitrogens with zero attached hydrogens (tertiary/aromatic N) is 1. The summed E-state index contributed by atoms with van der Waals surface area (Å²) in [5.74, 6) is -0.232. The molecule has 5 nitrogen and oxygen atoms in total. The highest BCUT2D eigenvalue weighted by molar-refractivity contribution is 9.10. The van der Waals surface area contributed by atoms with E-state index >= 15 is 0 Å². The molecule has 3 rings (SSSR count). The number of fused-ring (bicyclic) bond motifs is 1. The van der Waals surface area contributed by atoms with E-state index in [0.717, 1.165) is 10.9 Å². The van der Waals surface area contributed by atoms with E-state index < -0.39 is 5.97 Å². The molecule has 0 fully saturated rings. The fourth-order valence-corrected chi connectivity index (χ4v) is 3.70. The number of benzene rings is 2. The van der Waals surface area contributed by atoms with Crippen molar-refractivity contribution in [2.24, 2.45) is 0 Å². The molecular weight excluding hydrogens is 422 g/mol. The van der Waals surface area contributed by atoms with Gasteiger partial charge in [0.2, 0.25) is 0 Å². The molecule has 1 aromatic heterocycles. The van der Waals surface area contributed by atoms with Crippen molar-refractivity contribution < 1.29 is 19.4 Å². The third-order valence-corrected chi connectivity index (χ3v) is 5.51. The summed E-state index contributed by atoms with van der Waals surface area (Å²) in [6, 6.07) is 10.4. The molecule has 0 unspecified atom stereocenters. The summed E-state index contributed by atoms with van der Waals surface area (Å²) in [5, 5.41) is 11.1. The van der Waals surface area contributed by atoms with Gasteiger partial charge in [-0.25, -0.2) is 0 Å². The van der Waals surface area contributed by atoms with Crippen LogP contribution < -0.4 is 4.74 Å². The number of hydrogen-bond acceptors (Lipinski definition) is 4. The van der Waals surface area contributed by atoms with Gasteiger partial charge in [-0.3, -0.25) is 14.2 Å². The number of ether oxygens (including phenoxy) is 1. The normalized spacial score (nSPS) is 12.2. The van der Waals surface area contributed by atoms with E-state index in [-0.39, 0.29) is 17.6 Å². The largest absolute Gasteiger partial charge is 0.508 e. The quantitative estimate of drug-likeness (QED) is 0.536. The maximum absolute atomic E-state index is 13.3. The Labute approximate surface area is 172 Å². The summed E-state index contributed by atoms with van der Waals surface area (Å²) < 4.78 is 7.93. The summed E-state index contributed by atoms with van der Waals surface area (Å²) >= 11 is 3.37. The van der Waals surface area contributed by atoms with Gasteiger partial charge in [0.1, 0.15) is 5.75 Å². The Morgan fingerprint density at radius 1 is 1.18 bits per heavy atom. The van der Waals surface area contributed by atoms with Crippen molar-refractivity contribution in [2.45, 2.75) is 40.0 Å². The maximum Gasteiger partial charge on any atom is 0.308 e. The van der Waals surface area contributed by atoms with Crippen LogP contribution in [0.4, 0.5) is 0 Å². The zero-order valence-electron chi connectivity index (χ0n) is 16.2. The van der Waals surface area contributed by atoms with E-state index in [9.17, 15) is 14.7 Å². The fraction of sp³-hybridized carbons (Fsp3) is 0.273. The number of carbonyl (C=O) groups is 2. The van der Waals surface area contributed by atoms with E-state index in [1.807, 2.05) is 13.8 Å². The maximum atomic E-state index is 13.3. The Morgan fingerprint density at radius 3 is 2.39 bits per heavy atom. The second-order valence-electron chi connectivity index (χ2n) is 6.86. The topological polar surface area (TPSA) is 68.5 Å². The zero-order chi connectivity index (χ0) is 20.6. The molecule has 0 radical (unpaired) electrons. The molecule has 0 spiro atoms. The highest BCUT2D eigenvalue weighted by atomic mass is 79.9. The molecule has 1 N–H and O–H groups in total. The third kappa shape index (κ3) is 3.44. The van der Waals surface area contributed by atoms with Crippen LogP contribution in [-0.2, 0) is 4.79 Å². The van der Waals surface area contributed by atoms with Crippen molar-refractivity contribution in [1.82, 2.24) is 4.57 Å². The minimum absolute atomic E-state index is 0.0241. The number of aromatic hydroxyl groups is 1. The summed E-state index contributed by atoms with van der Waals surface area (Å²) in [4.78, 5) is 25.0. The smallest absolute Gasteiger partial charge is 0.308 e. The Kier molecular flexibility index (Phi) is 5.61. The van der Waals surface area contributed by atoms with Gasteiger partial charge in [-0.05, 0) is 55.7 Å². The number of esters is 1. The molecule has 0 aliphatic rings. The van der Waals surface area contributed by atoms with Crippen LogP contribution in [0, 0.1) is 6.92 Å². The average Bonchev–Trinajstić information content (AvgIpc) is 2.92. The molecule has 28 heavy (non-hydrogen) atoms. The van der Waals surface area contributed by atoms with E-state index in [1.54, 1.807) is 47.9 Å². The number of halogens is 1. The average molecular weight is 444 g/mol. The second kappa shape index (κ2) is 7.80. The van der Waals surface area contributed by atoms with Crippen molar-refractivity contribution in [3.8, 4) is 11.5 Å². The van der Waals surface area contributed by atoms with Crippen molar-refractivity contribution in [3.05, 3.63) is 57.7 Å². The van der Waals surface area contributed by atoms with E-state index in [4.69, 9.17) is 4.74 Å². The van der Waals surface area contributed by atoms with Crippen LogP contribution in [0.3, 0.4) is 0 Å². The lowest BCUT2D eigenvalue weighted by Gasteiger charge is -2.14. The molecule has 0 aliphatic carbocycles. The second-order valence-corrected chi connectivity index (χ2v) is 7.77. The van der Waals surface area contributed by atoms with Gasteiger partial charge in [0, 0.05) is 22.5 Å². The molecule has 6 heteroatoms. The van der Waals surface area contributed by atoms with Gasteiger partial charge < -0.3 is 9.84 Å². The SMILES string of the molecule is CC[C@H](C)c1c(O)ccc2c1c(OC(C)=O)c(C)n2C(=O)c1ccc(Br)cc1. The van der Waals surface area contributed by atoms with Gasteiger partial charge in [-0.2, -0.15) is 0 Å². The number of phenols is 1. The molecule has 0 bridgehead atoms. The number of hydrogen-bond donors (Lipinski definition) is 1. The number of rotatable bonds is 4. The van der Waals surface area contributed by atoms with Gasteiger partial charge in [-0.15, -0.1) is 0 Å². The zero-order valence-corrected chi connectivity index (χ0v) is 17.8. The first kappa shape index (κ1) is 20.1. The Bertz CT molecular complexity index is 1070.